The quantitative estimate of drug-likeness (QED) is 0.843. The number of amides is 2. The number of hydrogen-bond acceptors (Lipinski definition) is 2. The largest absolute Gasteiger partial charge is 0.326 e. The molecule has 1 heterocycles. The van der Waals surface area contributed by atoms with Crippen LogP contribution in [0.4, 0.5) is 11.4 Å². The minimum atomic E-state index is -0.317. The first-order chi connectivity index (χ1) is 12.6. The second kappa shape index (κ2) is 8.17. The van der Waals surface area contributed by atoms with Crippen molar-refractivity contribution in [1.29, 1.82) is 0 Å². The van der Waals surface area contributed by atoms with E-state index in [9.17, 15) is 9.59 Å². The molecule has 1 aliphatic rings. The standard InChI is InChI=1S/C22H26N2O2/c1-3-4-7-17-9-11-19(12-10-17)23-22(26)18-14-21(25)24(15-18)20-8-5-6-16(2)13-20/h5-6,8-13,18H,3-4,7,14-15H2,1-2H3,(H,23,26)/t18-/m1/s1. The molecule has 0 aromatic heterocycles. The van der Waals surface area contributed by atoms with Gasteiger partial charge in [0, 0.05) is 24.3 Å². The molecular formula is C22H26N2O2. The topological polar surface area (TPSA) is 49.4 Å². The fraction of sp³-hybridized carbons (Fsp3) is 0.364. The molecule has 0 unspecified atom stereocenters. The molecule has 0 aliphatic carbocycles. The van der Waals surface area contributed by atoms with E-state index in [4.69, 9.17) is 0 Å². The van der Waals surface area contributed by atoms with Gasteiger partial charge in [-0.2, -0.15) is 0 Å². The highest BCUT2D eigenvalue weighted by Gasteiger charge is 2.35. The van der Waals surface area contributed by atoms with Crippen molar-refractivity contribution in [2.45, 2.75) is 39.5 Å². The second-order valence-corrected chi connectivity index (χ2v) is 7.03. The average molecular weight is 350 g/mol. The molecule has 136 valence electrons. The normalized spacial score (nSPS) is 16.8. The van der Waals surface area contributed by atoms with Crippen LogP contribution in [0.3, 0.4) is 0 Å². The van der Waals surface area contributed by atoms with E-state index in [1.165, 1.54) is 18.4 Å². The van der Waals surface area contributed by atoms with Crippen LogP contribution < -0.4 is 10.2 Å². The zero-order valence-corrected chi connectivity index (χ0v) is 15.5. The molecular weight excluding hydrogens is 324 g/mol. The maximum absolute atomic E-state index is 12.6. The van der Waals surface area contributed by atoms with Gasteiger partial charge in [-0.3, -0.25) is 9.59 Å². The number of rotatable bonds is 6. The first-order valence-corrected chi connectivity index (χ1v) is 9.33. The molecule has 1 fully saturated rings. The van der Waals surface area contributed by atoms with E-state index < -0.39 is 0 Å². The van der Waals surface area contributed by atoms with E-state index in [0.29, 0.717) is 6.54 Å². The highest BCUT2D eigenvalue weighted by Crippen LogP contribution is 2.26. The molecule has 1 atom stereocenters. The van der Waals surface area contributed by atoms with Crippen molar-refractivity contribution >= 4 is 23.2 Å². The number of unbranched alkanes of at least 4 members (excludes halogenated alkanes) is 1. The molecule has 0 saturated carbocycles. The van der Waals surface area contributed by atoms with Crippen molar-refractivity contribution in [1.82, 2.24) is 0 Å². The molecule has 1 saturated heterocycles. The molecule has 1 N–H and O–H groups in total. The number of aryl methyl sites for hydroxylation is 2. The van der Waals surface area contributed by atoms with E-state index in [0.717, 1.165) is 23.4 Å². The fourth-order valence-electron chi connectivity index (χ4n) is 3.31. The molecule has 26 heavy (non-hydrogen) atoms. The van der Waals surface area contributed by atoms with Crippen LogP contribution in [0.15, 0.2) is 48.5 Å². The second-order valence-electron chi connectivity index (χ2n) is 7.03. The number of benzene rings is 2. The number of carbonyl (C=O) groups excluding carboxylic acids is 2. The monoisotopic (exact) mass is 350 g/mol. The fourth-order valence-corrected chi connectivity index (χ4v) is 3.31. The Morgan fingerprint density at radius 3 is 2.65 bits per heavy atom. The Morgan fingerprint density at radius 1 is 1.19 bits per heavy atom. The van der Waals surface area contributed by atoms with E-state index in [1.807, 2.05) is 43.3 Å². The molecule has 0 spiro atoms. The third-order valence-electron chi connectivity index (χ3n) is 4.85. The van der Waals surface area contributed by atoms with Crippen LogP contribution in [-0.2, 0) is 16.0 Å². The van der Waals surface area contributed by atoms with Gasteiger partial charge in [0.1, 0.15) is 0 Å². The lowest BCUT2D eigenvalue weighted by Crippen LogP contribution is -2.28. The molecule has 0 radical (unpaired) electrons. The Labute approximate surface area is 155 Å². The highest BCUT2D eigenvalue weighted by molar-refractivity contribution is 6.03. The van der Waals surface area contributed by atoms with Gasteiger partial charge in [0.15, 0.2) is 0 Å². The predicted octanol–water partition coefficient (Wildman–Crippen LogP) is 4.33. The van der Waals surface area contributed by atoms with Crippen molar-refractivity contribution < 1.29 is 9.59 Å². The zero-order valence-electron chi connectivity index (χ0n) is 15.5. The summed E-state index contributed by atoms with van der Waals surface area (Å²) in [5, 5.41) is 2.95. The van der Waals surface area contributed by atoms with Crippen molar-refractivity contribution in [2.24, 2.45) is 5.92 Å². The minimum Gasteiger partial charge on any atom is -0.326 e. The molecule has 4 nitrogen and oxygen atoms in total. The molecule has 2 aromatic rings. The molecule has 0 bridgehead atoms. The molecule has 2 aromatic carbocycles. The van der Waals surface area contributed by atoms with Crippen LogP contribution in [-0.4, -0.2) is 18.4 Å². The first kappa shape index (κ1) is 18.2. The van der Waals surface area contributed by atoms with Gasteiger partial charge >= 0.3 is 0 Å². The van der Waals surface area contributed by atoms with Gasteiger partial charge in [0.05, 0.1) is 5.92 Å². The maximum Gasteiger partial charge on any atom is 0.229 e. The Balaban J connectivity index is 1.61. The Kier molecular flexibility index (Phi) is 5.71. The summed E-state index contributed by atoms with van der Waals surface area (Å²) < 4.78 is 0. The zero-order chi connectivity index (χ0) is 18.5. The van der Waals surface area contributed by atoms with Crippen LogP contribution in [0.25, 0.3) is 0 Å². The van der Waals surface area contributed by atoms with E-state index >= 15 is 0 Å². The predicted molar refractivity (Wildman–Crippen MR) is 105 cm³/mol. The van der Waals surface area contributed by atoms with Gasteiger partial charge in [-0.05, 0) is 55.2 Å². The molecule has 1 aliphatic heterocycles. The summed E-state index contributed by atoms with van der Waals surface area (Å²) in [6.07, 6.45) is 3.66. The summed E-state index contributed by atoms with van der Waals surface area (Å²) in [6.45, 7) is 4.61. The number of anilines is 2. The minimum absolute atomic E-state index is 0.00524. The summed E-state index contributed by atoms with van der Waals surface area (Å²) in [5.74, 6) is -0.400. The Bertz CT molecular complexity index is 783. The van der Waals surface area contributed by atoms with Crippen molar-refractivity contribution in [3.63, 3.8) is 0 Å². The van der Waals surface area contributed by atoms with Gasteiger partial charge in [0.25, 0.3) is 0 Å². The average Bonchev–Trinajstić information content (AvgIpc) is 3.03. The van der Waals surface area contributed by atoms with Crippen LogP contribution >= 0.6 is 0 Å². The summed E-state index contributed by atoms with van der Waals surface area (Å²) in [6, 6.07) is 15.8. The van der Waals surface area contributed by atoms with Crippen molar-refractivity contribution in [3.05, 3.63) is 59.7 Å². The van der Waals surface area contributed by atoms with E-state index in [2.05, 4.69) is 24.4 Å². The van der Waals surface area contributed by atoms with Gasteiger partial charge in [-0.1, -0.05) is 37.6 Å². The summed E-state index contributed by atoms with van der Waals surface area (Å²) in [7, 11) is 0. The number of nitrogens with one attached hydrogen (secondary N) is 1. The third kappa shape index (κ3) is 4.31. The summed E-state index contributed by atoms with van der Waals surface area (Å²) in [5.41, 5.74) is 4.04. The van der Waals surface area contributed by atoms with Crippen molar-refractivity contribution in [2.75, 3.05) is 16.8 Å². The summed E-state index contributed by atoms with van der Waals surface area (Å²) >= 11 is 0. The SMILES string of the molecule is CCCCc1ccc(NC(=O)[C@@H]2CC(=O)N(c3cccc(C)c3)C2)cc1. The maximum atomic E-state index is 12.6. The van der Waals surface area contributed by atoms with Crippen LogP contribution in [0.2, 0.25) is 0 Å². The van der Waals surface area contributed by atoms with E-state index in [1.54, 1.807) is 4.90 Å². The van der Waals surface area contributed by atoms with Crippen molar-refractivity contribution in [3.8, 4) is 0 Å². The van der Waals surface area contributed by atoms with Crippen LogP contribution in [0.1, 0.15) is 37.3 Å². The Morgan fingerprint density at radius 2 is 1.96 bits per heavy atom. The third-order valence-corrected chi connectivity index (χ3v) is 4.85. The number of hydrogen-bond donors (Lipinski definition) is 1. The van der Waals surface area contributed by atoms with Gasteiger partial charge in [-0.25, -0.2) is 0 Å². The lowest BCUT2D eigenvalue weighted by Gasteiger charge is -2.17. The van der Waals surface area contributed by atoms with Gasteiger partial charge < -0.3 is 10.2 Å². The number of carbonyl (C=O) groups is 2. The molecule has 4 heteroatoms. The van der Waals surface area contributed by atoms with E-state index in [-0.39, 0.29) is 24.2 Å². The van der Waals surface area contributed by atoms with Crippen LogP contribution in [0, 0.1) is 12.8 Å². The molecule has 2 amide bonds. The first-order valence-electron chi connectivity index (χ1n) is 9.33. The smallest absolute Gasteiger partial charge is 0.229 e. The number of nitrogens with zero attached hydrogens (tertiary/aromatic N) is 1. The lowest BCUT2D eigenvalue weighted by atomic mass is 10.1. The Hall–Kier alpha value is -2.62. The van der Waals surface area contributed by atoms with Gasteiger partial charge in [0.2, 0.25) is 11.8 Å². The summed E-state index contributed by atoms with van der Waals surface area (Å²) in [4.78, 5) is 26.6. The van der Waals surface area contributed by atoms with Gasteiger partial charge in [-0.15, -0.1) is 0 Å². The van der Waals surface area contributed by atoms with Crippen LogP contribution in [0.5, 0.6) is 0 Å². The lowest BCUT2D eigenvalue weighted by molar-refractivity contribution is -0.122. The highest BCUT2D eigenvalue weighted by atomic mass is 16.2. The molecule has 3 rings (SSSR count).